The fraction of sp³-hybridized carbons (Fsp3) is 0.417. The second-order valence-corrected chi connectivity index (χ2v) is 5.83. The third kappa shape index (κ3) is 2.21. The Labute approximate surface area is 104 Å². The average molecular weight is 283 g/mol. The summed E-state index contributed by atoms with van der Waals surface area (Å²) in [5, 5.41) is 2.89. The molecule has 0 radical (unpaired) electrons. The van der Waals surface area contributed by atoms with E-state index in [9.17, 15) is 4.79 Å². The number of halogens is 1. The van der Waals surface area contributed by atoms with Crippen molar-refractivity contribution in [2.24, 2.45) is 11.3 Å². The van der Waals surface area contributed by atoms with Crippen LogP contribution in [0.1, 0.15) is 20.3 Å². The van der Waals surface area contributed by atoms with Gasteiger partial charge in [-0.15, -0.1) is 0 Å². The molecule has 3 N–H and O–H groups in total. The maximum Gasteiger partial charge on any atom is 0.228 e. The molecule has 4 heteroatoms. The van der Waals surface area contributed by atoms with E-state index >= 15 is 0 Å². The minimum Gasteiger partial charge on any atom is -0.398 e. The summed E-state index contributed by atoms with van der Waals surface area (Å²) in [5.74, 6) is 0.226. The molecule has 1 atom stereocenters. The van der Waals surface area contributed by atoms with Crippen molar-refractivity contribution < 1.29 is 4.79 Å². The lowest BCUT2D eigenvalue weighted by atomic mass is 10.1. The van der Waals surface area contributed by atoms with Gasteiger partial charge in [0, 0.05) is 21.8 Å². The molecule has 1 aliphatic carbocycles. The van der Waals surface area contributed by atoms with Gasteiger partial charge >= 0.3 is 0 Å². The van der Waals surface area contributed by atoms with Crippen LogP contribution in [-0.2, 0) is 4.79 Å². The monoisotopic (exact) mass is 282 g/mol. The first-order chi connectivity index (χ1) is 7.40. The van der Waals surface area contributed by atoms with Gasteiger partial charge in [0.25, 0.3) is 0 Å². The number of amides is 1. The summed E-state index contributed by atoms with van der Waals surface area (Å²) < 4.78 is 0.845. The molecule has 0 aliphatic heterocycles. The first-order valence-corrected chi connectivity index (χ1v) is 6.05. The Morgan fingerprint density at radius 2 is 2.19 bits per heavy atom. The molecule has 1 aromatic carbocycles. The summed E-state index contributed by atoms with van der Waals surface area (Å²) in [6.07, 6.45) is 0.963. The van der Waals surface area contributed by atoms with Gasteiger partial charge in [-0.3, -0.25) is 4.79 Å². The van der Waals surface area contributed by atoms with Crippen LogP contribution >= 0.6 is 15.9 Å². The number of hydrogen-bond acceptors (Lipinski definition) is 2. The zero-order chi connectivity index (χ0) is 11.9. The molecule has 16 heavy (non-hydrogen) atoms. The molecule has 1 fully saturated rings. The molecule has 0 heterocycles. The van der Waals surface area contributed by atoms with Crippen molar-refractivity contribution in [2.75, 3.05) is 11.1 Å². The molecule has 0 saturated heterocycles. The molecular formula is C12H15BrN2O. The standard InChI is InChI=1S/C12H15BrN2O/c1-12(2)6-8(12)11(16)15-7-3-4-9(13)10(14)5-7/h3-5,8H,6,14H2,1-2H3,(H,15,16). The number of carbonyl (C=O) groups is 1. The predicted octanol–water partition coefficient (Wildman–Crippen LogP) is 3.02. The Hall–Kier alpha value is -1.03. The fourth-order valence-corrected chi connectivity index (χ4v) is 2.01. The van der Waals surface area contributed by atoms with Crippen molar-refractivity contribution in [3.05, 3.63) is 22.7 Å². The number of nitrogens with two attached hydrogens (primary N) is 1. The Morgan fingerprint density at radius 3 is 2.69 bits per heavy atom. The average Bonchev–Trinajstić information content (AvgIpc) is 2.82. The van der Waals surface area contributed by atoms with Crippen molar-refractivity contribution in [2.45, 2.75) is 20.3 Å². The Bertz CT molecular complexity index is 443. The molecular weight excluding hydrogens is 268 g/mol. The van der Waals surface area contributed by atoms with E-state index in [2.05, 4.69) is 35.1 Å². The van der Waals surface area contributed by atoms with Gasteiger partial charge in [-0.05, 0) is 46.0 Å². The number of nitrogens with one attached hydrogen (secondary N) is 1. The lowest BCUT2D eigenvalue weighted by Crippen LogP contribution is -2.16. The van der Waals surface area contributed by atoms with Gasteiger partial charge < -0.3 is 11.1 Å². The maximum absolute atomic E-state index is 11.8. The summed E-state index contributed by atoms with van der Waals surface area (Å²) in [6.45, 7) is 4.21. The lowest BCUT2D eigenvalue weighted by Gasteiger charge is -2.07. The molecule has 0 spiro atoms. The molecule has 3 nitrogen and oxygen atoms in total. The highest BCUT2D eigenvalue weighted by atomic mass is 79.9. The largest absolute Gasteiger partial charge is 0.398 e. The van der Waals surface area contributed by atoms with Gasteiger partial charge in [-0.2, -0.15) is 0 Å². The molecule has 1 aliphatic rings. The summed E-state index contributed by atoms with van der Waals surface area (Å²) in [4.78, 5) is 11.8. The molecule has 2 rings (SSSR count). The van der Waals surface area contributed by atoms with E-state index in [1.165, 1.54) is 0 Å². The fourth-order valence-electron chi connectivity index (χ4n) is 1.77. The minimum atomic E-state index is 0.0896. The first kappa shape index (κ1) is 11.5. The second-order valence-electron chi connectivity index (χ2n) is 4.97. The van der Waals surface area contributed by atoms with Crippen LogP contribution in [0.4, 0.5) is 11.4 Å². The SMILES string of the molecule is CC1(C)CC1C(=O)Nc1ccc(Br)c(N)c1. The van der Waals surface area contributed by atoms with E-state index < -0.39 is 0 Å². The van der Waals surface area contributed by atoms with Crippen LogP contribution in [0.2, 0.25) is 0 Å². The van der Waals surface area contributed by atoms with E-state index in [0.29, 0.717) is 5.69 Å². The van der Waals surface area contributed by atoms with E-state index in [0.717, 1.165) is 16.6 Å². The van der Waals surface area contributed by atoms with Gasteiger partial charge in [0.1, 0.15) is 0 Å². The molecule has 86 valence electrons. The zero-order valence-corrected chi connectivity index (χ0v) is 11.0. The summed E-state index contributed by atoms with van der Waals surface area (Å²) >= 11 is 3.32. The first-order valence-electron chi connectivity index (χ1n) is 5.26. The Morgan fingerprint density at radius 1 is 1.56 bits per heavy atom. The third-order valence-corrected chi connectivity index (χ3v) is 3.82. The van der Waals surface area contributed by atoms with Gasteiger partial charge in [-0.1, -0.05) is 13.8 Å². The van der Waals surface area contributed by atoms with Crippen molar-refractivity contribution in [3.63, 3.8) is 0 Å². The topological polar surface area (TPSA) is 55.1 Å². The normalized spacial score (nSPS) is 21.6. The van der Waals surface area contributed by atoms with E-state index in [1.807, 2.05) is 12.1 Å². The summed E-state index contributed by atoms with van der Waals surface area (Å²) in [5.41, 5.74) is 7.29. The van der Waals surface area contributed by atoms with Crippen LogP contribution in [0.3, 0.4) is 0 Å². The van der Waals surface area contributed by atoms with Crippen LogP contribution in [0.5, 0.6) is 0 Å². The van der Waals surface area contributed by atoms with Crippen LogP contribution in [0.15, 0.2) is 22.7 Å². The highest BCUT2D eigenvalue weighted by molar-refractivity contribution is 9.10. The van der Waals surface area contributed by atoms with Crippen LogP contribution < -0.4 is 11.1 Å². The van der Waals surface area contributed by atoms with E-state index in [4.69, 9.17) is 5.73 Å². The van der Waals surface area contributed by atoms with Crippen molar-refractivity contribution >= 4 is 33.2 Å². The van der Waals surface area contributed by atoms with Gasteiger partial charge in [0.2, 0.25) is 5.91 Å². The third-order valence-electron chi connectivity index (χ3n) is 3.09. The van der Waals surface area contributed by atoms with Crippen LogP contribution in [0, 0.1) is 11.3 Å². The molecule has 1 amide bonds. The minimum absolute atomic E-state index is 0.0896. The van der Waals surface area contributed by atoms with Gasteiger partial charge in [-0.25, -0.2) is 0 Å². The summed E-state index contributed by atoms with van der Waals surface area (Å²) in [6, 6.07) is 5.44. The second kappa shape index (κ2) is 3.77. The van der Waals surface area contributed by atoms with Crippen LogP contribution in [0.25, 0.3) is 0 Å². The quantitative estimate of drug-likeness (QED) is 0.820. The molecule has 0 aromatic heterocycles. The number of carbonyl (C=O) groups excluding carboxylic acids is 1. The smallest absolute Gasteiger partial charge is 0.228 e. The number of rotatable bonds is 2. The molecule has 1 unspecified atom stereocenters. The molecule has 1 saturated carbocycles. The van der Waals surface area contributed by atoms with E-state index in [1.54, 1.807) is 6.07 Å². The van der Waals surface area contributed by atoms with E-state index in [-0.39, 0.29) is 17.2 Å². The molecule has 1 aromatic rings. The van der Waals surface area contributed by atoms with Crippen LogP contribution in [-0.4, -0.2) is 5.91 Å². The highest BCUT2D eigenvalue weighted by Gasteiger charge is 2.50. The van der Waals surface area contributed by atoms with Crippen molar-refractivity contribution in [3.8, 4) is 0 Å². The predicted molar refractivity (Wildman–Crippen MR) is 69.1 cm³/mol. The van der Waals surface area contributed by atoms with Gasteiger partial charge in [0.15, 0.2) is 0 Å². The maximum atomic E-state index is 11.8. The number of nitrogen functional groups attached to an aromatic ring is 1. The number of hydrogen-bond donors (Lipinski definition) is 2. The molecule has 0 bridgehead atoms. The van der Waals surface area contributed by atoms with Crippen molar-refractivity contribution in [1.82, 2.24) is 0 Å². The van der Waals surface area contributed by atoms with Gasteiger partial charge in [0.05, 0.1) is 0 Å². The number of benzene rings is 1. The lowest BCUT2D eigenvalue weighted by molar-refractivity contribution is -0.117. The van der Waals surface area contributed by atoms with Crippen molar-refractivity contribution in [1.29, 1.82) is 0 Å². The zero-order valence-electron chi connectivity index (χ0n) is 9.38. The Kier molecular flexibility index (Phi) is 2.70. The highest BCUT2D eigenvalue weighted by Crippen LogP contribution is 2.52. The summed E-state index contributed by atoms with van der Waals surface area (Å²) in [7, 11) is 0. The number of anilines is 2. The Balaban J connectivity index is 2.05.